The van der Waals surface area contributed by atoms with E-state index in [1.807, 2.05) is 24.3 Å². The average Bonchev–Trinajstić information content (AvgIpc) is 3.30. The molecule has 2 heterocycles. The maximum absolute atomic E-state index is 12.3. The maximum Gasteiger partial charge on any atom is 0.251 e. The van der Waals surface area contributed by atoms with E-state index >= 15 is 0 Å². The lowest BCUT2D eigenvalue weighted by atomic mass is 10.1. The first-order valence-electron chi connectivity index (χ1n) is 7.30. The van der Waals surface area contributed by atoms with E-state index in [1.54, 1.807) is 18.2 Å². The molecule has 24 heavy (non-hydrogen) atoms. The van der Waals surface area contributed by atoms with E-state index in [0.717, 1.165) is 17.0 Å². The van der Waals surface area contributed by atoms with Gasteiger partial charge in [0.15, 0.2) is 11.5 Å². The first kappa shape index (κ1) is 14.2. The zero-order valence-corrected chi connectivity index (χ0v) is 12.5. The van der Waals surface area contributed by atoms with Gasteiger partial charge in [0.2, 0.25) is 6.79 Å². The SMILES string of the molecule is O=C(NCc1ccc2c(c1)OCO2)c1cccc(-n2cnnn2)c1. The Bertz CT molecular complexity index is 879. The van der Waals surface area contributed by atoms with Crippen LogP contribution in [0.2, 0.25) is 0 Å². The smallest absolute Gasteiger partial charge is 0.251 e. The van der Waals surface area contributed by atoms with Crippen LogP contribution in [0.1, 0.15) is 15.9 Å². The van der Waals surface area contributed by atoms with Gasteiger partial charge >= 0.3 is 0 Å². The monoisotopic (exact) mass is 323 g/mol. The first-order valence-corrected chi connectivity index (χ1v) is 7.30. The number of carbonyl (C=O) groups is 1. The highest BCUT2D eigenvalue weighted by atomic mass is 16.7. The number of benzene rings is 2. The summed E-state index contributed by atoms with van der Waals surface area (Å²) in [7, 11) is 0. The molecule has 0 radical (unpaired) electrons. The average molecular weight is 323 g/mol. The van der Waals surface area contributed by atoms with Crippen molar-refractivity contribution in [3.05, 3.63) is 59.9 Å². The number of hydrogen-bond acceptors (Lipinski definition) is 6. The molecule has 0 aliphatic carbocycles. The lowest BCUT2D eigenvalue weighted by Crippen LogP contribution is -2.22. The molecule has 0 fully saturated rings. The van der Waals surface area contributed by atoms with Gasteiger partial charge in [0.05, 0.1) is 5.69 Å². The Morgan fingerprint density at radius 1 is 1.17 bits per heavy atom. The lowest BCUT2D eigenvalue weighted by Gasteiger charge is -2.07. The number of nitrogens with one attached hydrogen (secondary N) is 1. The lowest BCUT2D eigenvalue weighted by molar-refractivity contribution is 0.0951. The highest BCUT2D eigenvalue weighted by Gasteiger charge is 2.14. The second-order valence-corrected chi connectivity index (χ2v) is 5.18. The molecule has 120 valence electrons. The molecule has 0 saturated carbocycles. The number of ether oxygens (including phenoxy) is 2. The van der Waals surface area contributed by atoms with Crippen LogP contribution in [0.3, 0.4) is 0 Å². The molecule has 0 saturated heterocycles. The van der Waals surface area contributed by atoms with E-state index in [-0.39, 0.29) is 12.7 Å². The van der Waals surface area contributed by atoms with Crippen molar-refractivity contribution >= 4 is 5.91 Å². The standard InChI is InChI=1S/C16H13N5O3/c22-16(12-2-1-3-13(7-12)21-9-18-19-20-21)17-8-11-4-5-14-15(6-11)24-10-23-14/h1-7,9H,8,10H2,(H,17,22). The highest BCUT2D eigenvalue weighted by molar-refractivity contribution is 5.94. The van der Waals surface area contributed by atoms with Gasteiger partial charge in [0, 0.05) is 12.1 Å². The van der Waals surface area contributed by atoms with Crippen LogP contribution >= 0.6 is 0 Å². The second-order valence-electron chi connectivity index (χ2n) is 5.18. The maximum atomic E-state index is 12.3. The molecule has 8 heteroatoms. The highest BCUT2D eigenvalue weighted by Crippen LogP contribution is 2.32. The molecule has 2 aromatic carbocycles. The van der Waals surface area contributed by atoms with E-state index in [0.29, 0.717) is 17.9 Å². The van der Waals surface area contributed by atoms with E-state index in [1.165, 1.54) is 11.0 Å². The van der Waals surface area contributed by atoms with E-state index in [4.69, 9.17) is 9.47 Å². The summed E-state index contributed by atoms with van der Waals surface area (Å²) in [5.41, 5.74) is 2.18. The number of rotatable bonds is 4. The second kappa shape index (κ2) is 5.99. The fourth-order valence-corrected chi connectivity index (χ4v) is 2.40. The van der Waals surface area contributed by atoms with E-state index < -0.39 is 0 Å². The summed E-state index contributed by atoms with van der Waals surface area (Å²) < 4.78 is 12.1. The van der Waals surface area contributed by atoms with Gasteiger partial charge in [-0.2, -0.15) is 0 Å². The predicted molar refractivity (Wildman–Crippen MR) is 82.9 cm³/mol. The number of tetrazole rings is 1. The Labute approximate surface area is 137 Å². The number of nitrogens with zero attached hydrogens (tertiary/aromatic N) is 4. The van der Waals surface area contributed by atoms with Crippen LogP contribution in [-0.2, 0) is 6.54 Å². The fraction of sp³-hybridized carbons (Fsp3) is 0.125. The van der Waals surface area contributed by atoms with Gasteiger partial charge in [0.1, 0.15) is 6.33 Å². The normalized spacial score (nSPS) is 12.2. The predicted octanol–water partition coefficient (Wildman–Crippen LogP) is 1.32. The summed E-state index contributed by atoms with van der Waals surface area (Å²) in [4.78, 5) is 12.3. The van der Waals surface area contributed by atoms with Gasteiger partial charge in [-0.05, 0) is 46.3 Å². The third-order valence-corrected chi connectivity index (χ3v) is 3.61. The van der Waals surface area contributed by atoms with Crippen molar-refractivity contribution in [1.82, 2.24) is 25.5 Å². The van der Waals surface area contributed by atoms with Gasteiger partial charge in [-0.15, -0.1) is 5.10 Å². The van der Waals surface area contributed by atoms with Crippen LogP contribution in [-0.4, -0.2) is 32.9 Å². The van der Waals surface area contributed by atoms with Crippen LogP contribution in [0.5, 0.6) is 11.5 Å². The van der Waals surface area contributed by atoms with Crippen molar-refractivity contribution < 1.29 is 14.3 Å². The number of amides is 1. The fourth-order valence-electron chi connectivity index (χ4n) is 2.40. The summed E-state index contributed by atoms with van der Waals surface area (Å²) >= 11 is 0. The van der Waals surface area contributed by atoms with Gasteiger partial charge in [-0.25, -0.2) is 4.68 Å². The largest absolute Gasteiger partial charge is 0.454 e. The van der Waals surface area contributed by atoms with E-state index in [2.05, 4.69) is 20.8 Å². The summed E-state index contributed by atoms with van der Waals surface area (Å²) in [6, 6.07) is 12.7. The molecule has 0 spiro atoms. The van der Waals surface area contributed by atoms with Crippen molar-refractivity contribution in [3.8, 4) is 17.2 Å². The van der Waals surface area contributed by atoms with Crippen molar-refractivity contribution in [3.63, 3.8) is 0 Å². The van der Waals surface area contributed by atoms with Crippen LogP contribution in [0.4, 0.5) is 0 Å². The number of carbonyl (C=O) groups excluding carboxylic acids is 1. The van der Waals surface area contributed by atoms with Gasteiger partial charge in [0.25, 0.3) is 5.91 Å². The van der Waals surface area contributed by atoms with Gasteiger partial charge in [-0.1, -0.05) is 12.1 Å². The van der Waals surface area contributed by atoms with Crippen molar-refractivity contribution in [1.29, 1.82) is 0 Å². The van der Waals surface area contributed by atoms with Gasteiger partial charge < -0.3 is 14.8 Å². The summed E-state index contributed by atoms with van der Waals surface area (Å²) in [5.74, 6) is 1.24. The molecular formula is C16H13N5O3. The Balaban J connectivity index is 1.46. The molecule has 1 N–H and O–H groups in total. The topological polar surface area (TPSA) is 91.2 Å². The van der Waals surface area contributed by atoms with Crippen molar-refractivity contribution in [2.45, 2.75) is 6.54 Å². The Hall–Kier alpha value is -3.42. The third-order valence-electron chi connectivity index (χ3n) is 3.61. The minimum atomic E-state index is -0.178. The van der Waals surface area contributed by atoms with Crippen molar-refractivity contribution in [2.24, 2.45) is 0 Å². The summed E-state index contributed by atoms with van der Waals surface area (Å²) in [5, 5.41) is 13.9. The molecule has 1 aliphatic rings. The van der Waals surface area contributed by atoms with Crippen LogP contribution < -0.4 is 14.8 Å². The molecule has 0 bridgehead atoms. The summed E-state index contributed by atoms with van der Waals surface area (Å²) in [6.45, 7) is 0.625. The molecule has 0 unspecified atom stereocenters. The van der Waals surface area contributed by atoms with E-state index in [9.17, 15) is 4.79 Å². The number of fused-ring (bicyclic) bond motifs is 1. The molecule has 3 aromatic rings. The number of hydrogen-bond donors (Lipinski definition) is 1. The zero-order chi connectivity index (χ0) is 16.4. The Morgan fingerprint density at radius 3 is 2.96 bits per heavy atom. The van der Waals surface area contributed by atoms with Crippen LogP contribution in [0, 0.1) is 0 Å². The molecule has 8 nitrogen and oxygen atoms in total. The Kier molecular flexibility index (Phi) is 3.54. The summed E-state index contributed by atoms with van der Waals surface area (Å²) in [6.07, 6.45) is 1.48. The quantitative estimate of drug-likeness (QED) is 0.778. The van der Waals surface area contributed by atoms with Crippen LogP contribution in [0.15, 0.2) is 48.8 Å². The molecular weight excluding hydrogens is 310 g/mol. The minimum Gasteiger partial charge on any atom is -0.454 e. The minimum absolute atomic E-state index is 0.178. The molecule has 4 rings (SSSR count). The zero-order valence-electron chi connectivity index (χ0n) is 12.5. The molecule has 1 amide bonds. The first-order chi connectivity index (χ1) is 11.8. The van der Waals surface area contributed by atoms with Crippen molar-refractivity contribution in [2.75, 3.05) is 6.79 Å². The molecule has 0 atom stereocenters. The molecule has 1 aliphatic heterocycles. The van der Waals surface area contributed by atoms with Gasteiger partial charge in [-0.3, -0.25) is 4.79 Å². The molecule has 1 aromatic heterocycles. The number of aromatic nitrogens is 4. The Morgan fingerprint density at radius 2 is 2.08 bits per heavy atom. The third kappa shape index (κ3) is 2.76. The van der Waals surface area contributed by atoms with Crippen LogP contribution in [0.25, 0.3) is 5.69 Å².